The third-order valence-electron chi connectivity index (χ3n) is 7.56. The van der Waals surface area contributed by atoms with Gasteiger partial charge in [0, 0.05) is 35.9 Å². The Balaban J connectivity index is 3.27. The van der Waals surface area contributed by atoms with Gasteiger partial charge in [-0.3, -0.25) is 4.79 Å². The van der Waals surface area contributed by atoms with Gasteiger partial charge >= 0.3 is 5.97 Å². The summed E-state index contributed by atoms with van der Waals surface area (Å²) in [6.07, 6.45) is 1.32. The molecule has 0 spiro atoms. The van der Waals surface area contributed by atoms with Gasteiger partial charge in [-0.15, -0.1) is 0 Å². The van der Waals surface area contributed by atoms with Crippen molar-refractivity contribution in [3.8, 4) is 0 Å². The monoisotopic (exact) mass is 531 g/mol. The molecule has 4 unspecified atom stereocenters. The van der Waals surface area contributed by atoms with E-state index in [1.54, 1.807) is 20.8 Å². The highest BCUT2D eigenvalue weighted by Crippen LogP contribution is 2.40. The van der Waals surface area contributed by atoms with Gasteiger partial charge in [0.15, 0.2) is 6.29 Å². The van der Waals surface area contributed by atoms with Crippen LogP contribution in [0.3, 0.4) is 0 Å². The number of aliphatic hydroxyl groups excluding tert-OH is 1. The third-order valence-corrected chi connectivity index (χ3v) is 7.56. The van der Waals surface area contributed by atoms with Gasteiger partial charge in [-0.25, -0.2) is 0 Å². The Morgan fingerprint density at radius 1 is 1.16 bits per heavy atom. The van der Waals surface area contributed by atoms with Crippen molar-refractivity contribution < 1.29 is 29.2 Å². The van der Waals surface area contributed by atoms with Crippen molar-refractivity contribution in [1.29, 1.82) is 0 Å². The van der Waals surface area contributed by atoms with Gasteiger partial charge in [-0.2, -0.15) is 0 Å². The van der Waals surface area contributed by atoms with Crippen LogP contribution in [-0.4, -0.2) is 97.2 Å². The number of esters is 1. The molecule has 8 atom stereocenters. The molecule has 1 rings (SSSR count). The van der Waals surface area contributed by atoms with Gasteiger partial charge in [0.05, 0.1) is 29.8 Å². The minimum atomic E-state index is -1.14. The van der Waals surface area contributed by atoms with Crippen LogP contribution >= 0.6 is 0 Å². The van der Waals surface area contributed by atoms with Crippen molar-refractivity contribution in [3.05, 3.63) is 0 Å². The van der Waals surface area contributed by atoms with Crippen LogP contribution in [-0.2, 0) is 19.0 Å². The van der Waals surface area contributed by atoms with E-state index >= 15 is 0 Å². The first kappa shape index (κ1) is 34.2. The van der Waals surface area contributed by atoms with Crippen LogP contribution in [0.25, 0.3) is 0 Å². The molecule has 0 aromatic heterocycles. The van der Waals surface area contributed by atoms with E-state index < -0.39 is 47.3 Å². The molecular formula is C28H57N3O6. The number of aliphatic hydroxyl groups is 2. The lowest BCUT2D eigenvalue weighted by Gasteiger charge is -2.47. The largest absolute Gasteiger partial charge is 0.462 e. The predicted molar refractivity (Wildman–Crippen MR) is 147 cm³/mol. The number of ether oxygens (including phenoxy) is 3. The molecule has 37 heavy (non-hydrogen) atoms. The second-order valence-electron chi connectivity index (χ2n) is 13.3. The maximum Gasteiger partial charge on any atom is 0.311 e. The second kappa shape index (κ2) is 14.0. The lowest BCUT2D eigenvalue weighted by molar-refractivity contribution is -0.255. The SMILES string of the molecule is CNC[C@@](C)(CCC(C)(C)N)[C@H](OC1CC(N(C)C)CC(C)O1)[C@@H](C)[C@H](O)C(C)C(=O)OCC(C)(C)O. The Morgan fingerprint density at radius 3 is 2.24 bits per heavy atom. The molecule has 0 bridgehead atoms. The fourth-order valence-electron chi connectivity index (χ4n) is 5.16. The van der Waals surface area contributed by atoms with Crippen molar-refractivity contribution in [1.82, 2.24) is 10.2 Å². The zero-order valence-electron chi connectivity index (χ0n) is 25.3. The summed E-state index contributed by atoms with van der Waals surface area (Å²) in [5, 5.41) is 24.7. The molecule has 0 radical (unpaired) electrons. The quantitative estimate of drug-likeness (QED) is 0.236. The maximum atomic E-state index is 12.7. The Hall–Kier alpha value is -0.810. The maximum absolute atomic E-state index is 12.7. The first-order chi connectivity index (χ1) is 16.8. The Morgan fingerprint density at radius 2 is 1.76 bits per heavy atom. The number of hydrogen-bond donors (Lipinski definition) is 4. The summed E-state index contributed by atoms with van der Waals surface area (Å²) in [6.45, 7) is 15.5. The smallest absolute Gasteiger partial charge is 0.311 e. The molecule has 1 heterocycles. The normalized spacial score (nSPS) is 26.3. The molecule has 9 nitrogen and oxygen atoms in total. The highest BCUT2D eigenvalue weighted by molar-refractivity contribution is 5.72. The average molecular weight is 532 g/mol. The molecule has 1 aliphatic heterocycles. The zero-order chi connectivity index (χ0) is 28.8. The van der Waals surface area contributed by atoms with Crippen molar-refractivity contribution in [2.45, 2.75) is 123 Å². The lowest BCUT2D eigenvalue weighted by atomic mass is 9.70. The van der Waals surface area contributed by atoms with Crippen LogP contribution < -0.4 is 11.1 Å². The minimum Gasteiger partial charge on any atom is -0.462 e. The molecule has 0 amide bonds. The van der Waals surface area contributed by atoms with Gasteiger partial charge in [0.1, 0.15) is 6.61 Å². The molecule has 9 heteroatoms. The molecule has 0 aromatic carbocycles. The third kappa shape index (κ3) is 11.4. The molecule has 5 N–H and O–H groups in total. The first-order valence-electron chi connectivity index (χ1n) is 13.8. The summed E-state index contributed by atoms with van der Waals surface area (Å²) >= 11 is 0. The average Bonchev–Trinajstić information content (AvgIpc) is 2.77. The Bertz CT molecular complexity index is 692. The number of nitrogens with one attached hydrogen (secondary N) is 1. The van der Waals surface area contributed by atoms with Crippen LogP contribution in [0.4, 0.5) is 0 Å². The Kier molecular flexibility index (Phi) is 13.0. The van der Waals surface area contributed by atoms with E-state index in [4.69, 9.17) is 19.9 Å². The van der Waals surface area contributed by atoms with Gasteiger partial charge < -0.3 is 40.4 Å². The number of hydrogen-bond acceptors (Lipinski definition) is 9. The number of nitrogens with two attached hydrogens (primary N) is 1. The summed E-state index contributed by atoms with van der Waals surface area (Å²) in [5.41, 5.74) is 4.46. The molecule has 0 aliphatic carbocycles. The van der Waals surface area contributed by atoms with Crippen LogP contribution in [0, 0.1) is 17.3 Å². The topological polar surface area (TPSA) is 127 Å². The summed E-state index contributed by atoms with van der Waals surface area (Å²) in [5.74, 6) is -1.76. The molecule has 0 saturated carbocycles. The van der Waals surface area contributed by atoms with Gasteiger partial charge in [-0.05, 0) is 81.9 Å². The summed E-state index contributed by atoms with van der Waals surface area (Å²) in [6, 6.07) is 0.323. The highest BCUT2D eigenvalue weighted by Gasteiger charge is 2.45. The molecule has 220 valence electrons. The zero-order valence-corrected chi connectivity index (χ0v) is 25.3. The summed E-state index contributed by atoms with van der Waals surface area (Å²) in [4.78, 5) is 15.0. The number of carbonyl (C=O) groups is 1. The standard InChI is InChI=1S/C28H57N3O6/c1-18-14-21(31(10)11)15-22(36-18)37-24(28(8,16-30-9)13-12-26(4,5)29)19(2)23(32)20(3)25(33)35-17-27(6,7)34/h18-24,30,32,34H,12-17,29H2,1-11H3/t18?,19-,20?,21?,22?,23-,24+,28+/m0/s1. The van der Waals surface area contributed by atoms with E-state index in [0.717, 1.165) is 25.7 Å². The van der Waals surface area contributed by atoms with Crippen molar-refractivity contribution in [2.24, 2.45) is 23.0 Å². The lowest BCUT2D eigenvalue weighted by Crippen LogP contribution is -2.54. The minimum absolute atomic E-state index is 0.0429. The van der Waals surface area contributed by atoms with Crippen LogP contribution in [0.2, 0.25) is 0 Å². The fraction of sp³-hybridized carbons (Fsp3) is 0.964. The summed E-state index contributed by atoms with van der Waals surface area (Å²) in [7, 11) is 6.04. The molecule has 0 aromatic rings. The predicted octanol–water partition coefficient (Wildman–Crippen LogP) is 2.52. The summed E-state index contributed by atoms with van der Waals surface area (Å²) < 4.78 is 18.3. The van der Waals surface area contributed by atoms with E-state index in [2.05, 4.69) is 38.2 Å². The van der Waals surface area contributed by atoms with E-state index in [1.165, 1.54) is 0 Å². The van der Waals surface area contributed by atoms with Crippen LogP contribution in [0.15, 0.2) is 0 Å². The van der Waals surface area contributed by atoms with E-state index in [0.29, 0.717) is 12.6 Å². The van der Waals surface area contributed by atoms with Crippen LogP contribution in [0.1, 0.15) is 81.1 Å². The molecule has 1 fully saturated rings. The second-order valence-corrected chi connectivity index (χ2v) is 13.3. The van der Waals surface area contributed by atoms with Gasteiger partial charge in [-0.1, -0.05) is 13.8 Å². The highest BCUT2D eigenvalue weighted by atomic mass is 16.7. The van der Waals surface area contributed by atoms with E-state index in [-0.39, 0.29) is 18.2 Å². The molecule has 1 saturated heterocycles. The van der Waals surface area contributed by atoms with Crippen molar-refractivity contribution >= 4 is 5.97 Å². The van der Waals surface area contributed by atoms with Gasteiger partial charge in [0.25, 0.3) is 0 Å². The van der Waals surface area contributed by atoms with Crippen molar-refractivity contribution in [2.75, 3.05) is 34.3 Å². The fourth-order valence-corrected chi connectivity index (χ4v) is 5.16. The molecule has 1 aliphatic rings. The Labute approximate surface area is 225 Å². The van der Waals surface area contributed by atoms with Crippen LogP contribution in [0.5, 0.6) is 0 Å². The van der Waals surface area contributed by atoms with E-state index in [9.17, 15) is 15.0 Å². The number of nitrogens with zero attached hydrogens (tertiary/aromatic N) is 1. The number of rotatable bonds is 15. The van der Waals surface area contributed by atoms with Gasteiger partial charge in [0.2, 0.25) is 0 Å². The van der Waals surface area contributed by atoms with E-state index in [1.807, 2.05) is 27.8 Å². The first-order valence-corrected chi connectivity index (χ1v) is 13.8. The molecular weight excluding hydrogens is 474 g/mol. The number of carbonyl (C=O) groups excluding carboxylic acids is 1. The van der Waals surface area contributed by atoms with Crippen molar-refractivity contribution in [3.63, 3.8) is 0 Å².